The molecule has 35 valence electrons. The average molecular weight is 451 g/mol. The zero-order valence-electron chi connectivity index (χ0n) is 2.18. The maximum atomic E-state index is 0. The van der Waals surface area contributed by atoms with Gasteiger partial charge in [0.2, 0.25) is 0 Å². The predicted molar refractivity (Wildman–Crippen MR) is 5.75 cm³/mol. The van der Waals surface area contributed by atoms with Gasteiger partial charge in [-0.3, -0.25) is 0 Å². The van der Waals surface area contributed by atoms with Crippen LogP contribution in [0.25, 0.3) is 0 Å². The summed E-state index contributed by atoms with van der Waals surface area (Å²) in [6, 6.07) is 0. The van der Waals surface area contributed by atoms with Crippen molar-refractivity contribution in [2.24, 2.45) is 0 Å². The van der Waals surface area contributed by atoms with Crippen LogP contribution in [-0.4, -0.2) is 27.3 Å². The Labute approximate surface area is 95.8 Å². The van der Waals surface area contributed by atoms with Gasteiger partial charge in [0, 0.05) is 97.4 Å². The molecule has 0 spiro atoms. The van der Waals surface area contributed by atoms with Gasteiger partial charge < -0.3 is 0 Å². The average Bonchev–Trinajstić information content (AvgIpc) is 0. The van der Waals surface area contributed by atoms with E-state index in [-0.39, 0.29) is 97.4 Å². The number of hydrogen-bond acceptors (Lipinski definition) is 0. The van der Waals surface area contributed by atoms with Crippen LogP contribution < -0.4 is 0 Å². The van der Waals surface area contributed by atoms with Gasteiger partial charge in [0.25, 0.3) is 0 Å². The topological polar surface area (TPSA) is 0 Å². The van der Waals surface area contributed by atoms with Gasteiger partial charge in [-0.2, -0.15) is 0 Å². The van der Waals surface area contributed by atoms with Gasteiger partial charge in [0.15, 0.2) is 0 Å². The monoisotopic (exact) mass is 449 g/mol. The molecule has 0 fully saturated rings. The normalized spacial score (nSPS) is 0. The van der Waals surface area contributed by atoms with E-state index in [9.17, 15) is 0 Å². The van der Waals surface area contributed by atoms with Gasteiger partial charge in [0.1, 0.15) is 0 Å². The third kappa shape index (κ3) is 19.3. The van der Waals surface area contributed by atoms with Gasteiger partial charge >= 0.3 is 0 Å². The fraction of sp³-hybridized carbons (Fsp3) is 0. The molecule has 5 heteroatoms. The Morgan fingerprint density at radius 1 is 1.00 bits per heavy atom. The van der Waals surface area contributed by atoms with Crippen molar-refractivity contribution in [2.45, 2.75) is 0 Å². The Morgan fingerprint density at radius 3 is 1.00 bits per heavy atom. The summed E-state index contributed by atoms with van der Waals surface area (Å²) < 4.78 is 0. The Balaban J connectivity index is 0. The van der Waals surface area contributed by atoms with E-state index >= 15 is 0 Å². The third-order valence-corrected chi connectivity index (χ3v) is 0. The van der Waals surface area contributed by atoms with Crippen LogP contribution in [0.2, 0.25) is 0 Å². The summed E-state index contributed by atoms with van der Waals surface area (Å²) in [6.45, 7) is 0. The largest absolute Gasteiger partial charge is 0 e. The molecule has 0 aliphatic heterocycles. The van der Waals surface area contributed by atoms with Gasteiger partial charge in [0.05, 0.1) is 0 Å². The SMILES string of the molecule is [Cu].[Fe].[Ni].[Pb].[Zn]. The fourth-order valence-electron chi connectivity index (χ4n) is 0. The first-order valence-electron chi connectivity index (χ1n) is 0. The van der Waals surface area contributed by atoms with Crippen molar-refractivity contribution in [1.82, 2.24) is 0 Å². The zero-order valence-corrected chi connectivity index (χ0v) is 12.1. The van der Waals surface area contributed by atoms with Crippen molar-refractivity contribution in [3.05, 3.63) is 0 Å². The van der Waals surface area contributed by atoms with Gasteiger partial charge in [-0.25, -0.2) is 0 Å². The first-order chi connectivity index (χ1) is 0. The molecule has 0 unspecified atom stereocenters. The molecule has 0 aromatic heterocycles. The fourth-order valence-corrected chi connectivity index (χ4v) is 0. The molecule has 0 saturated heterocycles. The van der Waals surface area contributed by atoms with Crippen molar-refractivity contribution in [3.8, 4) is 0 Å². The van der Waals surface area contributed by atoms with Crippen LogP contribution in [0.15, 0.2) is 0 Å². The predicted octanol–water partition coefficient (Wildman–Crippen LogP) is -0.391. The molecular weight excluding hydrogens is 451 g/mol. The molecule has 0 aromatic carbocycles. The molecule has 0 amide bonds. The third-order valence-electron chi connectivity index (χ3n) is 0. The van der Waals surface area contributed by atoms with Crippen LogP contribution in [0.3, 0.4) is 0 Å². The van der Waals surface area contributed by atoms with Gasteiger partial charge in [-0.1, -0.05) is 0 Å². The minimum atomic E-state index is 0. The van der Waals surface area contributed by atoms with Gasteiger partial charge in [-0.05, 0) is 0 Å². The molecule has 0 rings (SSSR count). The van der Waals surface area contributed by atoms with Crippen LogP contribution >= 0.6 is 0 Å². The first kappa shape index (κ1) is 42.7. The molecule has 5 heavy (non-hydrogen) atoms. The Hall–Kier alpha value is 3.08. The summed E-state index contributed by atoms with van der Waals surface area (Å²) in [7, 11) is 0. The van der Waals surface area contributed by atoms with Crippen molar-refractivity contribution < 1.29 is 70.1 Å². The second-order valence-corrected chi connectivity index (χ2v) is 0. The van der Waals surface area contributed by atoms with E-state index in [1.165, 1.54) is 0 Å². The smallest absolute Gasteiger partial charge is 0 e. The second kappa shape index (κ2) is 27.6. The standard InChI is InChI=1S/Cu.Fe.Ni.Pb.Zn. The van der Waals surface area contributed by atoms with E-state index < -0.39 is 0 Å². The molecule has 0 N–H and O–H groups in total. The summed E-state index contributed by atoms with van der Waals surface area (Å²) in [4.78, 5) is 0. The van der Waals surface area contributed by atoms with Crippen LogP contribution in [0.5, 0.6) is 0 Å². The summed E-state index contributed by atoms with van der Waals surface area (Å²) >= 11 is 0. The summed E-state index contributed by atoms with van der Waals surface area (Å²) in [5.74, 6) is 0. The molecule has 0 aromatic rings. The molecule has 0 bridgehead atoms. The van der Waals surface area contributed by atoms with Crippen molar-refractivity contribution >= 4 is 27.3 Å². The summed E-state index contributed by atoms with van der Waals surface area (Å²) in [5, 5.41) is 0. The molecule has 0 nitrogen and oxygen atoms in total. The minimum Gasteiger partial charge on any atom is 0 e. The van der Waals surface area contributed by atoms with Crippen LogP contribution in [0.1, 0.15) is 0 Å². The van der Waals surface area contributed by atoms with E-state index in [4.69, 9.17) is 0 Å². The van der Waals surface area contributed by atoms with Crippen molar-refractivity contribution in [3.63, 3.8) is 0 Å². The van der Waals surface area contributed by atoms with E-state index in [2.05, 4.69) is 0 Å². The molecule has 0 atom stereocenters. The Kier molecular flexibility index (Phi) is 236. The van der Waals surface area contributed by atoms with Crippen molar-refractivity contribution in [1.29, 1.82) is 0 Å². The quantitative estimate of drug-likeness (QED) is 0.441. The zero-order chi connectivity index (χ0) is 0. The molecule has 5 radical (unpaired) electrons. The van der Waals surface area contributed by atoms with E-state index in [0.717, 1.165) is 0 Å². The van der Waals surface area contributed by atoms with E-state index in [1.807, 2.05) is 0 Å². The van der Waals surface area contributed by atoms with E-state index in [1.54, 1.807) is 0 Å². The molecular formula is CuFeNiPbZn. The maximum absolute atomic E-state index is 0. The summed E-state index contributed by atoms with van der Waals surface area (Å²) in [6.07, 6.45) is 0. The van der Waals surface area contributed by atoms with Crippen LogP contribution in [0.4, 0.5) is 0 Å². The number of hydrogen-bond donors (Lipinski definition) is 0. The molecule has 0 aliphatic carbocycles. The maximum Gasteiger partial charge on any atom is 0 e. The molecule has 0 saturated carbocycles. The van der Waals surface area contributed by atoms with Crippen LogP contribution in [0, 0.1) is 0 Å². The van der Waals surface area contributed by atoms with Crippen molar-refractivity contribution in [2.75, 3.05) is 0 Å². The Bertz CT molecular complexity index is 11.6. The first-order valence-corrected chi connectivity index (χ1v) is 0. The molecule has 0 heterocycles. The Morgan fingerprint density at radius 2 is 1.00 bits per heavy atom. The van der Waals surface area contributed by atoms with E-state index in [0.29, 0.717) is 0 Å². The summed E-state index contributed by atoms with van der Waals surface area (Å²) in [5.41, 5.74) is 0. The number of rotatable bonds is 0. The van der Waals surface area contributed by atoms with Crippen LogP contribution in [-0.2, 0) is 70.1 Å². The molecule has 0 aliphatic rings. The second-order valence-electron chi connectivity index (χ2n) is 0. The van der Waals surface area contributed by atoms with Gasteiger partial charge in [-0.15, -0.1) is 0 Å². The minimum absolute atomic E-state index is 0.